The van der Waals surface area contributed by atoms with Crippen molar-refractivity contribution in [2.24, 2.45) is 0 Å². The molecule has 6 nitrogen and oxygen atoms in total. The van der Waals surface area contributed by atoms with E-state index in [1.54, 1.807) is 6.92 Å². The third-order valence-electron chi connectivity index (χ3n) is 3.45. The van der Waals surface area contributed by atoms with Crippen molar-refractivity contribution in [2.45, 2.75) is 78.4 Å². The van der Waals surface area contributed by atoms with Crippen molar-refractivity contribution in [3.05, 3.63) is 0 Å². The number of rotatable bonds is 11. The van der Waals surface area contributed by atoms with Gasteiger partial charge in [0.05, 0.1) is 12.2 Å². The fraction of sp³-hybridized carbons (Fsp3) is 0.882. The molecule has 0 unspecified atom stereocenters. The Morgan fingerprint density at radius 2 is 1.70 bits per heavy atom. The van der Waals surface area contributed by atoms with E-state index in [0.29, 0.717) is 32.6 Å². The average molecular weight is 330 g/mol. The van der Waals surface area contributed by atoms with Crippen LogP contribution in [-0.4, -0.2) is 42.9 Å². The Hall–Kier alpha value is -1.30. The summed E-state index contributed by atoms with van der Waals surface area (Å²) in [6, 6.07) is 0. The van der Waals surface area contributed by atoms with Crippen molar-refractivity contribution in [1.82, 2.24) is 10.6 Å². The van der Waals surface area contributed by atoms with E-state index in [2.05, 4.69) is 10.6 Å². The van der Waals surface area contributed by atoms with Crippen molar-refractivity contribution >= 4 is 12.0 Å². The van der Waals surface area contributed by atoms with Crippen molar-refractivity contribution in [3.63, 3.8) is 0 Å². The SMILES string of the molecule is CCCC(=O)NC(C)(C)CCOC(C)(C)CCNC(=O)OCC. The van der Waals surface area contributed by atoms with E-state index in [-0.39, 0.29) is 17.0 Å². The van der Waals surface area contributed by atoms with Crippen molar-refractivity contribution in [1.29, 1.82) is 0 Å². The summed E-state index contributed by atoms with van der Waals surface area (Å²) in [7, 11) is 0. The lowest BCUT2D eigenvalue weighted by Crippen LogP contribution is -2.44. The average Bonchev–Trinajstić information content (AvgIpc) is 2.37. The van der Waals surface area contributed by atoms with E-state index in [9.17, 15) is 9.59 Å². The molecule has 0 radical (unpaired) electrons. The van der Waals surface area contributed by atoms with Gasteiger partial charge in [0.1, 0.15) is 0 Å². The molecule has 0 saturated carbocycles. The molecule has 0 aliphatic carbocycles. The minimum atomic E-state index is -0.400. The third-order valence-corrected chi connectivity index (χ3v) is 3.45. The van der Waals surface area contributed by atoms with Crippen LogP contribution in [0.1, 0.15) is 67.2 Å². The molecule has 0 aliphatic rings. The van der Waals surface area contributed by atoms with E-state index < -0.39 is 6.09 Å². The number of carbonyl (C=O) groups is 2. The van der Waals surface area contributed by atoms with Crippen LogP contribution in [-0.2, 0) is 14.3 Å². The van der Waals surface area contributed by atoms with Gasteiger partial charge in [-0.15, -0.1) is 0 Å². The molecule has 0 spiro atoms. The van der Waals surface area contributed by atoms with E-state index in [1.165, 1.54) is 0 Å². The van der Waals surface area contributed by atoms with Crippen molar-refractivity contribution < 1.29 is 19.1 Å². The summed E-state index contributed by atoms with van der Waals surface area (Å²) in [5.74, 6) is 0.0791. The van der Waals surface area contributed by atoms with Crippen LogP contribution in [0, 0.1) is 0 Å². The number of hydrogen-bond donors (Lipinski definition) is 2. The van der Waals surface area contributed by atoms with Crippen LogP contribution in [0.4, 0.5) is 4.79 Å². The van der Waals surface area contributed by atoms with Crippen LogP contribution < -0.4 is 10.6 Å². The fourth-order valence-corrected chi connectivity index (χ4v) is 2.03. The van der Waals surface area contributed by atoms with Crippen LogP contribution in [0.2, 0.25) is 0 Å². The molecular weight excluding hydrogens is 296 g/mol. The Morgan fingerprint density at radius 1 is 1.04 bits per heavy atom. The molecule has 0 saturated heterocycles. The lowest BCUT2D eigenvalue weighted by molar-refractivity contribution is -0.123. The van der Waals surface area contributed by atoms with Gasteiger partial charge in [-0.1, -0.05) is 6.92 Å². The highest BCUT2D eigenvalue weighted by molar-refractivity contribution is 5.76. The maximum atomic E-state index is 11.7. The molecule has 0 bridgehead atoms. The van der Waals surface area contributed by atoms with Gasteiger partial charge in [0, 0.05) is 25.1 Å². The maximum absolute atomic E-state index is 11.7. The second-order valence-corrected chi connectivity index (χ2v) is 6.94. The van der Waals surface area contributed by atoms with Gasteiger partial charge in [0.15, 0.2) is 0 Å². The van der Waals surface area contributed by atoms with Gasteiger partial charge in [-0.2, -0.15) is 0 Å². The minimum absolute atomic E-state index is 0.0791. The molecule has 2 N–H and O–H groups in total. The zero-order chi connectivity index (χ0) is 17.9. The second kappa shape index (κ2) is 10.5. The van der Waals surface area contributed by atoms with Gasteiger partial charge >= 0.3 is 6.09 Å². The molecule has 136 valence electrons. The van der Waals surface area contributed by atoms with Crippen LogP contribution in [0.15, 0.2) is 0 Å². The highest BCUT2D eigenvalue weighted by Gasteiger charge is 2.23. The molecule has 0 aliphatic heterocycles. The molecule has 0 heterocycles. The van der Waals surface area contributed by atoms with Crippen LogP contribution in [0.5, 0.6) is 0 Å². The Bertz CT molecular complexity index is 368. The second-order valence-electron chi connectivity index (χ2n) is 6.94. The standard InChI is InChI=1S/C17H34N2O4/c1-7-9-14(20)19-16(3,4)11-13-23-17(5,6)10-12-18-15(21)22-8-2/h7-13H2,1-6H3,(H,18,21)(H,19,20). The lowest BCUT2D eigenvalue weighted by atomic mass is 10.00. The van der Waals surface area contributed by atoms with Gasteiger partial charge < -0.3 is 20.1 Å². The van der Waals surface area contributed by atoms with Crippen LogP contribution in [0.25, 0.3) is 0 Å². The molecule has 6 heteroatoms. The van der Waals surface area contributed by atoms with E-state index >= 15 is 0 Å². The predicted octanol–water partition coefficient (Wildman–Crippen LogP) is 3.00. The maximum Gasteiger partial charge on any atom is 0.407 e. The summed E-state index contributed by atoms with van der Waals surface area (Å²) in [4.78, 5) is 22.9. The number of hydrogen-bond acceptors (Lipinski definition) is 4. The Labute approximate surface area is 140 Å². The first kappa shape index (κ1) is 21.7. The zero-order valence-electron chi connectivity index (χ0n) is 15.6. The predicted molar refractivity (Wildman–Crippen MR) is 91.4 cm³/mol. The highest BCUT2D eigenvalue weighted by Crippen LogP contribution is 2.17. The molecule has 0 rings (SSSR count). The van der Waals surface area contributed by atoms with Gasteiger partial charge in [-0.25, -0.2) is 4.79 Å². The molecule has 0 aromatic rings. The van der Waals surface area contributed by atoms with E-state index in [0.717, 1.165) is 12.8 Å². The first-order valence-electron chi connectivity index (χ1n) is 8.47. The van der Waals surface area contributed by atoms with E-state index in [1.807, 2.05) is 34.6 Å². The number of ether oxygens (including phenoxy) is 2. The largest absolute Gasteiger partial charge is 0.450 e. The Balaban J connectivity index is 4.03. The number of amides is 2. The first-order chi connectivity index (χ1) is 10.6. The molecule has 0 aromatic carbocycles. The van der Waals surface area contributed by atoms with E-state index in [4.69, 9.17) is 9.47 Å². The summed E-state index contributed by atoms with van der Waals surface area (Å²) in [6.45, 7) is 13.2. The number of nitrogens with one attached hydrogen (secondary N) is 2. The van der Waals surface area contributed by atoms with Gasteiger partial charge in [-0.3, -0.25) is 4.79 Å². The summed E-state index contributed by atoms with van der Waals surface area (Å²) in [5.41, 5.74) is -0.630. The Kier molecular flexibility index (Phi) is 9.88. The third kappa shape index (κ3) is 11.9. The zero-order valence-corrected chi connectivity index (χ0v) is 15.6. The summed E-state index contributed by atoms with van der Waals surface area (Å²) in [6.07, 6.45) is 2.42. The molecular formula is C17H34N2O4. The highest BCUT2D eigenvalue weighted by atomic mass is 16.5. The van der Waals surface area contributed by atoms with Gasteiger partial charge in [-0.05, 0) is 53.9 Å². The van der Waals surface area contributed by atoms with Crippen molar-refractivity contribution in [2.75, 3.05) is 19.8 Å². The minimum Gasteiger partial charge on any atom is -0.450 e. The molecule has 23 heavy (non-hydrogen) atoms. The molecule has 0 aromatic heterocycles. The van der Waals surface area contributed by atoms with Gasteiger partial charge in [0.25, 0.3) is 0 Å². The molecule has 0 atom stereocenters. The Morgan fingerprint density at radius 3 is 2.26 bits per heavy atom. The first-order valence-corrected chi connectivity index (χ1v) is 8.47. The molecule has 2 amide bonds. The number of alkyl carbamates (subject to hydrolysis) is 1. The normalized spacial score (nSPS) is 11.9. The monoisotopic (exact) mass is 330 g/mol. The van der Waals surface area contributed by atoms with Gasteiger partial charge in [0.2, 0.25) is 5.91 Å². The molecule has 0 fully saturated rings. The van der Waals surface area contributed by atoms with Crippen molar-refractivity contribution in [3.8, 4) is 0 Å². The lowest BCUT2D eigenvalue weighted by Gasteiger charge is -2.30. The van der Waals surface area contributed by atoms with Crippen LogP contribution >= 0.6 is 0 Å². The summed E-state index contributed by atoms with van der Waals surface area (Å²) >= 11 is 0. The quantitative estimate of drug-likeness (QED) is 0.610. The van der Waals surface area contributed by atoms with Crippen LogP contribution in [0.3, 0.4) is 0 Å². The smallest absolute Gasteiger partial charge is 0.407 e. The fourth-order valence-electron chi connectivity index (χ4n) is 2.03. The topological polar surface area (TPSA) is 76.7 Å². The summed E-state index contributed by atoms with van der Waals surface area (Å²) in [5, 5.41) is 5.71. The number of carbonyl (C=O) groups excluding carboxylic acids is 2. The summed E-state index contributed by atoms with van der Waals surface area (Å²) < 4.78 is 10.7.